The molecule has 0 unspecified atom stereocenters. The van der Waals surface area contributed by atoms with E-state index in [4.69, 9.17) is 0 Å². The predicted molar refractivity (Wildman–Crippen MR) is 61.8 cm³/mol. The first-order valence-electron chi connectivity index (χ1n) is 3.84. The highest BCUT2D eigenvalue weighted by molar-refractivity contribution is 14.1. The second-order valence-corrected chi connectivity index (χ2v) is 4.09. The third-order valence-corrected chi connectivity index (χ3v) is 2.73. The molecule has 0 saturated heterocycles. The molecule has 0 amide bonds. The SMILES string of the molecule is Cl.Ic1ccc2c(c1)CNCC2. The van der Waals surface area contributed by atoms with Crippen LogP contribution in [0.5, 0.6) is 0 Å². The molecule has 1 aliphatic heterocycles. The van der Waals surface area contributed by atoms with Crippen molar-refractivity contribution in [3.8, 4) is 0 Å². The lowest BCUT2D eigenvalue weighted by Crippen LogP contribution is -2.23. The topological polar surface area (TPSA) is 12.0 Å². The number of halogens is 2. The van der Waals surface area contributed by atoms with Crippen LogP contribution < -0.4 is 5.32 Å². The Balaban J connectivity index is 0.000000720. The highest BCUT2D eigenvalue weighted by atomic mass is 127. The van der Waals surface area contributed by atoms with E-state index < -0.39 is 0 Å². The molecule has 0 aromatic heterocycles. The van der Waals surface area contributed by atoms with E-state index in [0.717, 1.165) is 13.1 Å². The van der Waals surface area contributed by atoms with Crippen molar-refractivity contribution >= 4 is 35.0 Å². The molecule has 0 spiro atoms. The van der Waals surface area contributed by atoms with Crippen molar-refractivity contribution in [3.63, 3.8) is 0 Å². The molecular weight excluding hydrogens is 284 g/mol. The van der Waals surface area contributed by atoms with Crippen LogP contribution in [-0.4, -0.2) is 6.54 Å². The van der Waals surface area contributed by atoms with Crippen LogP contribution in [0.3, 0.4) is 0 Å². The zero-order valence-corrected chi connectivity index (χ0v) is 9.61. The number of benzene rings is 1. The maximum Gasteiger partial charge on any atom is 0.0208 e. The van der Waals surface area contributed by atoms with Gasteiger partial charge in [-0.2, -0.15) is 0 Å². The molecule has 3 heteroatoms. The number of hydrogen-bond acceptors (Lipinski definition) is 1. The molecular formula is C9H11ClIN. The summed E-state index contributed by atoms with van der Waals surface area (Å²) < 4.78 is 1.34. The van der Waals surface area contributed by atoms with Crippen LogP contribution in [0.2, 0.25) is 0 Å². The van der Waals surface area contributed by atoms with Gasteiger partial charge >= 0.3 is 0 Å². The van der Waals surface area contributed by atoms with Gasteiger partial charge in [0.25, 0.3) is 0 Å². The molecule has 0 aliphatic carbocycles. The van der Waals surface area contributed by atoms with E-state index in [1.165, 1.54) is 21.1 Å². The highest BCUT2D eigenvalue weighted by Crippen LogP contribution is 2.16. The van der Waals surface area contributed by atoms with Crippen molar-refractivity contribution < 1.29 is 0 Å². The Kier molecular flexibility index (Phi) is 3.80. The second kappa shape index (κ2) is 4.44. The minimum absolute atomic E-state index is 0. The van der Waals surface area contributed by atoms with E-state index in [1.807, 2.05) is 0 Å². The molecule has 0 saturated carbocycles. The Bertz CT molecular complexity index is 275. The van der Waals surface area contributed by atoms with Gasteiger partial charge in [-0.05, 0) is 58.8 Å². The van der Waals surface area contributed by atoms with Crippen LogP contribution in [0, 0.1) is 3.57 Å². The molecule has 2 rings (SSSR count). The lowest BCUT2D eigenvalue weighted by Gasteiger charge is -2.16. The second-order valence-electron chi connectivity index (χ2n) is 2.84. The zero-order chi connectivity index (χ0) is 7.68. The summed E-state index contributed by atoms with van der Waals surface area (Å²) in [5.41, 5.74) is 2.99. The molecule has 1 aromatic rings. The largest absolute Gasteiger partial charge is 0.312 e. The maximum absolute atomic E-state index is 3.36. The van der Waals surface area contributed by atoms with Gasteiger partial charge < -0.3 is 5.32 Å². The zero-order valence-electron chi connectivity index (χ0n) is 6.64. The molecule has 0 atom stereocenters. The van der Waals surface area contributed by atoms with Gasteiger partial charge in [-0.1, -0.05) is 6.07 Å². The van der Waals surface area contributed by atoms with Gasteiger partial charge in [0.15, 0.2) is 0 Å². The summed E-state index contributed by atoms with van der Waals surface area (Å²) in [4.78, 5) is 0. The Labute approximate surface area is 92.5 Å². The molecule has 0 radical (unpaired) electrons. The van der Waals surface area contributed by atoms with E-state index in [1.54, 1.807) is 0 Å². The summed E-state index contributed by atoms with van der Waals surface area (Å²) in [5.74, 6) is 0. The van der Waals surface area contributed by atoms with Gasteiger partial charge in [0.1, 0.15) is 0 Å². The van der Waals surface area contributed by atoms with Crippen molar-refractivity contribution in [1.82, 2.24) is 5.32 Å². The van der Waals surface area contributed by atoms with Gasteiger partial charge in [0.2, 0.25) is 0 Å². The molecule has 1 N–H and O–H groups in total. The summed E-state index contributed by atoms with van der Waals surface area (Å²) in [6.07, 6.45) is 1.19. The number of hydrogen-bond donors (Lipinski definition) is 1. The van der Waals surface area contributed by atoms with Crippen LogP contribution in [-0.2, 0) is 13.0 Å². The minimum Gasteiger partial charge on any atom is -0.312 e. The average Bonchev–Trinajstić information content (AvgIpc) is 2.04. The summed E-state index contributed by atoms with van der Waals surface area (Å²) in [6.45, 7) is 2.18. The predicted octanol–water partition coefficient (Wildman–Crippen LogP) is 2.36. The molecule has 0 bridgehead atoms. The van der Waals surface area contributed by atoms with E-state index in [-0.39, 0.29) is 12.4 Å². The van der Waals surface area contributed by atoms with Crippen molar-refractivity contribution in [1.29, 1.82) is 0 Å². The normalized spacial score (nSPS) is 14.8. The summed E-state index contributed by atoms with van der Waals surface area (Å²) in [5, 5.41) is 3.36. The average molecular weight is 296 g/mol. The van der Waals surface area contributed by atoms with Gasteiger partial charge in [0, 0.05) is 10.1 Å². The highest BCUT2D eigenvalue weighted by Gasteiger charge is 2.07. The van der Waals surface area contributed by atoms with E-state index >= 15 is 0 Å². The fourth-order valence-corrected chi connectivity index (χ4v) is 2.00. The lowest BCUT2D eigenvalue weighted by molar-refractivity contribution is 0.643. The van der Waals surface area contributed by atoms with Crippen molar-refractivity contribution in [2.24, 2.45) is 0 Å². The Morgan fingerprint density at radius 3 is 2.92 bits per heavy atom. The number of nitrogens with one attached hydrogen (secondary N) is 1. The van der Waals surface area contributed by atoms with Gasteiger partial charge in [-0.25, -0.2) is 0 Å². The lowest BCUT2D eigenvalue weighted by atomic mass is 10.0. The first kappa shape index (κ1) is 10.3. The summed E-state index contributed by atoms with van der Waals surface area (Å²) in [7, 11) is 0. The van der Waals surface area contributed by atoms with E-state index in [9.17, 15) is 0 Å². The van der Waals surface area contributed by atoms with Crippen LogP contribution in [0.15, 0.2) is 18.2 Å². The third kappa shape index (κ3) is 2.12. The summed E-state index contributed by atoms with van der Waals surface area (Å²) in [6, 6.07) is 6.70. The van der Waals surface area contributed by atoms with Crippen LogP contribution in [0.25, 0.3) is 0 Å². The monoisotopic (exact) mass is 295 g/mol. The number of fused-ring (bicyclic) bond motifs is 1. The summed E-state index contributed by atoms with van der Waals surface area (Å²) >= 11 is 2.36. The molecule has 0 fully saturated rings. The molecule has 1 aliphatic rings. The third-order valence-electron chi connectivity index (χ3n) is 2.05. The molecule has 66 valence electrons. The van der Waals surface area contributed by atoms with E-state index in [0.29, 0.717) is 0 Å². The van der Waals surface area contributed by atoms with Gasteiger partial charge in [0.05, 0.1) is 0 Å². The quantitative estimate of drug-likeness (QED) is 0.725. The van der Waals surface area contributed by atoms with Gasteiger partial charge in [-0.3, -0.25) is 0 Å². The molecule has 1 aromatic carbocycles. The number of rotatable bonds is 0. The minimum atomic E-state index is 0. The first-order chi connectivity index (χ1) is 5.36. The fraction of sp³-hybridized carbons (Fsp3) is 0.333. The van der Waals surface area contributed by atoms with Crippen LogP contribution >= 0.6 is 35.0 Å². The Morgan fingerprint density at radius 2 is 2.08 bits per heavy atom. The molecule has 12 heavy (non-hydrogen) atoms. The Morgan fingerprint density at radius 1 is 1.25 bits per heavy atom. The van der Waals surface area contributed by atoms with Crippen molar-refractivity contribution in [2.45, 2.75) is 13.0 Å². The van der Waals surface area contributed by atoms with Crippen molar-refractivity contribution in [2.75, 3.05) is 6.54 Å². The first-order valence-corrected chi connectivity index (χ1v) is 4.92. The van der Waals surface area contributed by atoms with Gasteiger partial charge in [-0.15, -0.1) is 12.4 Å². The molecule has 1 heterocycles. The van der Waals surface area contributed by atoms with Crippen LogP contribution in [0.4, 0.5) is 0 Å². The van der Waals surface area contributed by atoms with Crippen LogP contribution in [0.1, 0.15) is 11.1 Å². The Hall–Kier alpha value is 0.200. The molecule has 1 nitrogen and oxygen atoms in total. The van der Waals surface area contributed by atoms with Crippen molar-refractivity contribution in [3.05, 3.63) is 32.9 Å². The smallest absolute Gasteiger partial charge is 0.0208 e. The maximum atomic E-state index is 3.36. The fourth-order valence-electron chi connectivity index (χ4n) is 1.45. The standard InChI is InChI=1S/C9H10IN.ClH/c10-9-2-1-7-3-4-11-6-8(7)5-9;/h1-2,5,11H,3-4,6H2;1H. The van der Waals surface area contributed by atoms with E-state index in [2.05, 4.69) is 46.1 Å².